The third-order valence-corrected chi connectivity index (χ3v) is 8.43. The minimum atomic E-state index is -0.577. The van der Waals surface area contributed by atoms with Gasteiger partial charge in [0.05, 0.1) is 18.0 Å². The summed E-state index contributed by atoms with van der Waals surface area (Å²) in [6.07, 6.45) is 2.21. The second kappa shape index (κ2) is 12.8. The van der Waals surface area contributed by atoms with Crippen molar-refractivity contribution < 1.29 is 19.2 Å². The number of carbonyl (C=O) groups excluding carboxylic acids is 4. The van der Waals surface area contributed by atoms with E-state index in [2.05, 4.69) is 5.32 Å². The fraction of sp³-hybridized carbons (Fsp3) is 0.353. The maximum absolute atomic E-state index is 14.1. The fourth-order valence-electron chi connectivity index (χ4n) is 5.83. The van der Waals surface area contributed by atoms with Gasteiger partial charge in [-0.05, 0) is 62.2 Å². The highest BCUT2D eigenvalue weighted by atomic mass is 16.2. The smallest absolute Gasteiger partial charge is 0.254 e. The van der Waals surface area contributed by atoms with E-state index in [1.807, 2.05) is 91.8 Å². The maximum atomic E-state index is 14.1. The fourth-order valence-corrected chi connectivity index (χ4v) is 5.83. The van der Waals surface area contributed by atoms with E-state index in [4.69, 9.17) is 5.73 Å². The first-order valence-electron chi connectivity index (χ1n) is 14.7. The molecular formula is C34H39N5O4. The van der Waals surface area contributed by atoms with Crippen molar-refractivity contribution in [2.75, 3.05) is 45.6 Å². The Balaban J connectivity index is 1.36. The van der Waals surface area contributed by atoms with Crippen LogP contribution in [0.1, 0.15) is 52.4 Å². The normalized spacial score (nSPS) is 16.9. The Labute approximate surface area is 252 Å². The predicted octanol–water partition coefficient (Wildman–Crippen LogP) is 3.36. The molecule has 4 amide bonds. The second-order valence-corrected chi connectivity index (χ2v) is 11.7. The molecule has 0 aromatic heterocycles. The molecule has 1 atom stereocenters. The molecule has 43 heavy (non-hydrogen) atoms. The Bertz CT molecular complexity index is 1490. The van der Waals surface area contributed by atoms with E-state index in [-0.39, 0.29) is 43.3 Å². The Morgan fingerprint density at radius 2 is 1.63 bits per heavy atom. The number of fused-ring (bicyclic) bond motifs is 1. The van der Waals surface area contributed by atoms with E-state index in [9.17, 15) is 19.2 Å². The second-order valence-electron chi connectivity index (χ2n) is 11.7. The number of rotatable bonds is 12. The number of nitrogens with one attached hydrogen (secondary N) is 1. The third-order valence-electron chi connectivity index (χ3n) is 8.43. The van der Waals surface area contributed by atoms with Crippen molar-refractivity contribution in [3.63, 3.8) is 0 Å². The molecule has 224 valence electrons. The van der Waals surface area contributed by atoms with E-state index in [0.29, 0.717) is 30.8 Å². The van der Waals surface area contributed by atoms with Crippen molar-refractivity contribution in [2.45, 2.75) is 37.1 Å². The highest BCUT2D eigenvalue weighted by Crippen LogP contribution is 2.49. The number of carbonyl (C=O) groups is 4. The van der Waals surface area contributed by atoms with E-state index in [1.54, 1.807) is 11.0 Å². The van der Waals surface area contributed by atoms with Crippen LogP contribution in [0.25, 0.3) is 0 Å². The zero-order chi connectivity index (χ0) is 30.6. The molecule has 0 radical (unpaired) electrons. The first-order valence-corrected chi connectivity index (χ1v) is 14.7. The Morgan fingerprint density at radius 3 is 2.26 bits per heavy atom. The van der Waals surface area contributed by atoms with Crippen LogP contribution in [-0.2, 0) is 26.2 Å². The summed E-state index contributed by atoms with van der Waals surface area (Å²) < 4.78 is 0. The average Bonchev–Trinajstić information content (AvgIpc) is 3.82. The Kier molecular flexibility index (Phi) is 8.92. The molecule has 5 rings (SSSR count). The summed E-state index contributed by atoms with van der Waals surface area (Å²) >= 11 is 0. The van der Waals surface area contributed by atoms with E-state index in [1.165, 1.54) is 4.90 Å². The summed E-state index contributed by atoms with van der Waals surface area (Å²) in [6, 6.07) is 24.8. The van der Waals surface area contributed by atoms with Crippen LogP contribution in [0.15, 0.2) is 78.9 Å². The summed E-state index contributed by atoms with van der Waals surface area (Å²) in [4.78, 5) is 57.5. The number of primary amides is 1. The molecule has 9 nitrogen and oxygen atoms in total. The lowest BCUT2D eigenvalue weighted by Gasteiger charge is -2.37. The highest BCUT2D eigenvalue weighted by molar-refractivity contribution is 6.03. The highest BCUT2D eigenvalue weighted by Gasteiger charge is 2.51. The van der Waals surface area contributed by atoms with Crippen molar-refractivity contribution in [2.24, 2.45) is 5.73 Å². The van der Waals surface area contributed by atoms with Crippen LogP contribution in [0.4, 0.5) is 5.69 Å². The summed E-state index contributed by atoms with van der Waals surface area (Å²) in [5.41, 5.74) is 8.85. The summed E-state index contributed by atoms with van der Waals surface area (Å²) in [5, 5.41) is 3.06. The van der Waals surface area contributed by atoms with Crippen LogP contribution >= 0.6 is 0 Å². The van der Waals surface area contributed by atoms with Crippen LogP contribution < -0.4 is 11.1 Å². The monoisotopic (exact) mass is 581 g/mol. The number of nitrogens with zero attached hydrogens (tertiary/aromatic N) is 3. The molecule has 9 heteroatoms. The molecule has 1 heterocycles. The van der Waals surface area contributed by atoms with Crippen molar-refractivity contribution in [3.8, 4) is 0 Å². The van der Waals surface area contributed by atoms with Crippen molar-refractivity contribution in [1.82, 2.24) is 14.7 Å². The zero-order valence-electron chi connectivity index (χ0n) is 24.8. The SMILES string of the molecule is CN(C)CCN(CC(N)=O)C(=O)CCN1C(=O)c2cc(NC(=O)C3(c4ccccc4)CC3)ccc2CC1c1ccccc1. The van der Waals surface area contributed by atoms with Crippen LogP contribution in [-0.4, -0.2) is 78.6 Å². The molecule has 2 aliphatic rings. The molecule has 0 spiro atoms. The number of hydrogen-bond donors (Lipinski definition) is 2. The Morgan fingerprint density at radius 1 is 0.953 bits per heavy atom. The van der Waals surface area contributed by atoms with Crippen molar-refractivity contribution in [1.29, 1.82) is 0 Å². The first-order chi connectivity index (χ1) is 20.7. The Hall–Kier alpha value is -4.50. The van der Waals surface area contributed by atoms with Gasteiger partial charge in [0, 0.05) is 37.3 Å². The van der Waals surface area contributed by atoms with Gasteiger partial charge in [-0.3, -0.25) is 19.2 Å². The van der Waals surface area contributed by atoms with Gasteiger partial charge in [0.2, 0.25) is 17.7 Å². The molecule has 1 aliphatic heterocycles. The van der Waals surface area contributed by atoms with E-state index in [0.717, 1.165) is 29.5 Å². The van der Waals surface area contributed by atoms with Crippen LogP contribution in [0.3, 0.4) is 0 Å². The standard InChI is InChI=1S/C34H39N5O4/c1-37(2)19-20-38(23-30(35)40)31(41)15-18-39-29(24-9-5-3-6-10-24)21-25-13-14-27(22-28(25)32(39)42)36-33(43)34(16-17-34)26-11-7-4-8-12-26/h3-14,22,29H,15-21,23H2,1-2H3,(H2,35,40)(H,36,43). The summed E-state index contributed by atoms with van der Waals surface area (Å²) in [6.45, 7) is 0.962. The molecule has 3 aromatic rings. The van der Waals surface area contributed by atoms with Crippen LogP contribution in [0.2, 0.25) is 0 Å². The maximum Gasteiger partial charge on any atom is 0.254 e. The minimum absolute atomic E-state index is 0.0567. The van der Waals surface area contributed by atoms with E-state index >= 15 is 0 Å². The number of amides is 4. The number of benzene rings is 3. The molecule has 0 bridgehead atoms. The zero-order valence-corrected chi connectivity index (χ0v) is 24.8. The van der Waals surface area contributed by atoms with Crippen molar-refractivity contribution in [3.05, 3.63) is 101 Å². The van der Waals surface area contributed by atoms with Gasteiger partial charge in [-0.25, -0.2) is 0 Å². The lowest BCUT2D eigenvalue weighted by molar-refractivity contribution is -0.135. The average molecular weight is 582 g/mol. The number of nitrogens with two attached hydrogens (primary N) is 1. The minimum Gasteiger partial charge on any atom is -0.368 e. The van der Waals surface area contributed by atoms with Gasteiger partial charge in [-0.15, -0.1) is 0 Å². The van der Waals surface area contributed by atoms with Crippen LogP contribution in [0.5, 0.6) is 0 Å². The molecule has 1 saturated carbocycles. The van der Waals surface area contributed by atoms with Gasteiger partial charge in [0.25, 0.3) is 5.91 Å². The van der Waals surface area contributed by atoms with Gasteiger partial charge in [-0.1, -0.05) is 66.7 Å². The largest absolute Gasteiger partial charge is 0.368 e. The lowest BCUT2D eigenvalue weighted by atomic mass is 9.88. The molecule has 1 unspecified atom stereocenters. The molecule has 3 aromatic carbocycles. The quantitative estimate of drug-likeness (QED) is 0.340. The van der Waals surface area contributed by atoms with Gasteiger partial charge >= 0.3 is 0 Å². The van der Waals surface area contributed by atoms with Gasteiger partial charge < -0.3 is 25.8 Å². The van der Waals surface area contributed by atoms with Gasteiger partial charge in [-0.2, -0.15) is 0 Å². The lowest BCUT2D eigenvalue weighted by Crippen LogP contribution is -2.45. The third kappa shape index (κ3) is 6.78. The number of anilines is 1. The summed E-state index contributed by atoms with van der Waals surface area (Å²) in [5.74, 6) is -1.08. The molecule has 3 N–H and O–H groups in total. The molecule has 0 saturated heterocycles. The molecular weight excluding hydrogens is 542 g/mol. The molecule has 1 fully saturated rings. The topological polar surface area (TPSA) is 116 Å². The number of hydrogen-bond acceptors (Lipinski definition) is 5. The summed E-state index contributed by atoms with van der Waals surface area (Å²) in [7, 11) is 3.79. The predicted molar refractivity (Wildman–Crippen MR) is 165 cm³/mol. The van der Waals surface area contributed by atoms with E-state index < -0.39 is 11.3 Å². The molecule has 1 aliphatic carbocycles. The van der Waals surface area contributed by atoms with Crippen LogP contribution in [0, 0.1) is 0 Å². The van der Waals surface area contributed by atoms with Gasteiger partial charge in [0.15, 0.2) is 0 Å². The van der Waals surface area contributed by atoms with Crippen molar-refractivity contribution >= 4 is 29.3 Å². The first kappa shape index (κ1) is 30.0. The number of likely N-dealkylation sites (N-methyl/N-ethyl adjacent to an activating group) is 1. The van der Waals surface area contributed by atoms with Gasteiger partial charge in [0.1, 0.15) is 0 Å².